The quantitative estimate of drug-likeness (QED) is 0.308. The van der Waals surface area contributed by atoms with Crippen molar-refractivity contribution in [3.8, 4) is 22.1 Å². The highest BCUT2D eigenvalue weighted by Crippen LogP contribution is 2.33. The Labute approximate surface area is 194 Å². The molecule has 5 aromatic rings. The van der Waals surface area contributed by atoms with Crippen LogP contribution in [0, 0.1) is 11.7 Å². The van der Waals surface area contributed by atoms with Gasteiger partial charge in [-0.2, -0.15) is 4.98 Å². The number of rotatable bonds is 7. The topological polar surface area (TPSA) is 77.8 Å². The Kier molecular flexibility index (Phi) is 5.70. The van der Waals surface area contributed by atoms with Gasteiger partial charge in [0.1, 0.15) is 17.9 Å². The van der Waals surface area contributed by atoms with Gasteiger partial charge < -0.3 is 14.6 Å². The zero-order chi connectivity index (χ0) is 22.8. The van der Waals surface area contributed by atoms with Gasteiger partial charge in [-0.25, -0.2) is 19.3 Å². The SMILES string of the molecule is CC(C)Cn1cnc2c(Oc3ccc(-c4cnc(Nc5cccc(F)c5)s4)cc3)ncnc21. The molecule has 33 heavy (non-hydrogen) atoms. The molecule has 166 valence electrons. The second-order valence-corrected chi connectivity index (χ2v) is 8.96. The number of benzene rings is 2. The number of thiazole rings is 1. The minimum absolute atomic E-state index is 0.292. The second kappa shape index (κ2) is 8.95. The van der Waals surface area contributed by atoms with Gasteiger partial charge in [-0.15, -0.1) is 0 Å². The van der Waals surface area contributed by atoms with Gasteiger partial charge in [0.05, 0.1) is 11.2 Å². The standard InChI is InChI=1S/C24H21FN6OS/c1-15(2)12-31-14-29-21-22(31)27-13-28-23(21)32-19-8-6-16(7-9-19)20-11-26-24(33-20)30-18-5-3-4-17(25)10-18/h3-11,13-15H,12H2,1-2H3,(H,26,30). The Morgan fingerprint density at radius 1 is 1.06 bits per heavy atom. The van der Waals surface area contributed by atoms with E-state index in [-0.39, 0.29) is 5.82 Å². The highest BCUT2D eigenvalue weighted by molar-refractivity contribution is 7.18. The molecule has 0 atom stereocenters. The number of fused-ring (bicyclic) bond motifs is 1. The van der Waals surface area contributed by atoms with Crippen molar-refractivity contribution in [1.29, 1.82) is 0 Å². The maximum Gasteiger partial charge on any atom is 0.250 e. The summed E-state index contributed by atoms with van der Waals surface area (Å²) in [5.74, 6) is 1.26. The van der Waals surface area contributed by atoms with Crippen LogP contribution in [0.2, 0.25) is 0 Å². The number of anilines is 2. The fraction of sp³-hybridized carbons (Fsp3) is 0.167. The van der Waals surface area contributed by atoms with Gasteiger partial charge in [-0.1, -0.05) is 31.3 Å². The first-order valence-electron chi connectivity index (χ1n) is 10.5. The number of ether oxygens (including phenoxy) is 1. The van der Waals surface area contributed by atoms with E-state index >= 15 is 0 Å². The smallest absolute Gasteiger partial charge is 0.250 e. The zero-order valence-electron chi connectivity index (χ0n) is 18.1. The minimum atomic E-state index is -0.292. The lowest BCUT2D eigenvalue weighted by Crippen LogP contribution is -2.03. The first-order valence-corrected chi connectivity index (χ1v) is 11.3. The van der Waals surface area contributed by atoms with Gasteiger partial charge in [-0.05, 0) is 53.9 Å². The lowest BCUT2D eigenvalue weighted by molar-refractivity contribution is 0.467. The van der Waals surface area contributed by atoms with Crippen LogP contribution in [-0.2, 0) is 6.54 Å². The number of hydrogen-bond donors (Lipinski definition) is 1. The monoisotopic (exact) mass is 460 g/mol. The van der Waals surface area contributed by atoms with E-state index in [0.717, 1.165) is 22.6 Å². The van der Waals surface area contributed by atoms with Gasteiger partial charge in [0.25, 0.3) is 5.88 Å². The van der Waals surface area contributed by atoms with Gasteiger partial charge in [-0.3, -0.25) is 0 Å². The third kappa shape index (κ3) is 4.68. The number of halogens is 1. The highest BCUT2D eigenvalue weighted by Gasteiger charge is 2.13. The average molecular weight is 461 g/mol. The molecule has 0 radical (unpaired) electrons. The number of aromatic nitrogens is 5. The summed E-state index contributed by atoms with van der Waals surface area (Å²) < 4.78 is 21.4. The summed E-state index contributed by atoms with van der Waals surface area (Å²) in [6.45, 7) is 5.12. The first-order chi connectivity index (χ1) is 16.0. The van der Waals surface area contributed by atoms with E-state index in [1.54, 1.807) is 24.7 Å². The van der Waals surface area contributed by atoms with Gasteiger partial charge in [0, 0.05) is 18.4 Å². The molecule has 3 aromatic heterocycles. The Morgan fingerprint density at radius 3 is 2.70 bits per heavy atom. The summed E-state index contributed by atoms with van der Waals surface area (Å²) in [5.41, 5.74) is 3.05. The lowest BCUT2D eigenvalue weighted by Gasteiger charge is -2.08. The molecule has 0 saturated heterocycles. The molecule has 0 amide bonds. The van der Waals surface area contributed by atoms with E-state index in [9.17, 15) is 4.39 Å². The van der Waals surface area contributed by atoms with E-state index in [1.165, 1.54) is 29.8 Å². The van der Waals surface area contributed by atoms with Crippen LogP contribution in [0.15, 0.2) is 67.4 Å². The molecular weight excluding hydrogens is 439 g/mol. The summed E-state index contributed by atoms with van der Waals surface area (Å²) in [7, 11) is 0. The van der Waals surface area contributed by atoms with Crippen molar-refractivity contribution >= 4 is 33.3 Å². The van der Waals surface area contributed by atoms with Crippen LogP contribution in [0.4, 0.5) is 15.2 Å². The van der Waals surface area contributed by atoms with Crippen molar-refractivity contribution in [2.24, 2.45) is 5.92 Å². The number of imidazole rings is 1. The lowest BCUT2D eigenvalue weighted by atomic mass is 10.2. The van der Waals surface area contributed by atoms with Crippen molar-refractivity contribution in [2.45, 2.75) is 20.4 Å². The predicted molar refractivity (Wildman–Crippen MR) is 127 cm³/mol. The predicted octanol–water partition coefficient (Wildman–Crippen LogP) is 6.28. The molecule has 0 bridgehead atoms. The fourth-order valence-corrected chi connectivity index (χ4v) is 4.26. The van der Waals surface area contributed by atoms with Crippen molar-refractivity contribution in [1.82, 2.24) is 24.5 Å². The molecule has 0 unspecified atom stereocenters. The minimum Gasteiger partial charge on any atom is -0.437 e. The first kappa shape index (κ1) is 21.0. The third-order valence-electron chi connectivity index (χ3n) is 4.86. The second-order valence-electron chi connectivity index (χ2n) is 7.93. The summed E-state index contributed by atoms with van der Waals surface area (Å²) in [5, 5.41) is 3.82. The third-order valence-corrected chi connectivity index (χ3v) is 5.83. The van der Waals surface area contributed by atoms with Crippen LogP contribution in [0.25, 0.3) is 21.6 Å². The van der Waals surface area contributed by atoms with Gasteiger partial charge >= 0.3 is 0 Å². The summed E-state index contributed by atoms with van der Waals surface area (Å²) >= 11 is 1.49. The molecule has 0 aliphatic rings. The molecule has 0 aliphatic heterocycles. The van der Waals surface area contributed by atoms with E-state index in [0.29, 0.717) is 33.9 Å². The van der Waals surface area contributed by atoms with Crippen LogP contribution < -0.4 is 10.1 Å². The normalized spacial score (nSPS) is 11.3. The summed E-state index contributed by atoms with van der Waals surface area (Å²) in [6, 6.07) is 14.0. The van der Waals surface area contributed by atoms with Crippen LogP contribution >= 0.6 is 11.3 Å². The summed E-state index contributed by atoms with van der Waals surface area (Å²) in [6.07, 6.45) is 5.06. The van der Waals surface area contributed by atoms with Gasteiger partial charge in [0.15, 0.2) is 16.3 Å². The van der Waals surface area contributed by atoms with Crippen molar-refractivity contribution < 1.29 is 9.13 Å². The molecular formula is C24H21FN6OS. The molecule has 7 nitrogen and oxygen atoms in total. The van der Waals surface area contributed by atoms with Crippen LogP contribution in [0.1, 0.15) is 13.8 Å². The van der Waals surface area contributed by atoms with Gasteiger partial charge in [0.2, 0.25) is 0 Å². The average Bonchev–Trinajstić information content (AvgIpc) is 3.42. The molecule has 3 heterocycles. The van der Waals surface area contributed by atoms with Crippen LogP contribution in [-0.4, -0.2) is 24.5 Å². The van der Waals surface area contributed by atoms with E-state index in [2.05, 4.69) is 39.1 Å². The highest BCUT2D eigenvalue weighted by atomic mass is 32.1. The maximum atomic E-state index is 13.4. The molecule has 0 aliphatic carbocycles. The van der Waals surface area contributed by atoms with E-state index < -0.39 is 0 Å². The Hall–Kier alpha value is -3.85. The molecule has 1 N–H and O–H groups in total. The Bertz CT molecular complexity index is 1400. The molecule has 5 rings (SSSR count). The van der Waals surface area contributed by atoms with E-state index in [1.807, 2.05) is 28.8 Å². The number of nitrogens with zero attached hydrogens (tertiary/aromatic N) is 5. The van der Waals surface area contributed by atoms with Crippen LogP contribution in [0.5, 0.6) is 11.6 Å². The Balaban J connectivity index is 1.32. The fourth-order valence-electron chi connectivity index (χ4n) is 3.41. The summed E-state index contributed by atoms with van der Waals surface area (Å²) in [4.78, 5) is 18.5. The molecule has 2 aromatic carbocycles. The van der Waals surface area contributed by atoms with Crippen LogP contribution in [0.3, 0.4) is 0 Å². The zero-order valence-corrected chi connectivity index (χ0v) is 18.9. The number of hydrogen-bond acceptors (Lipinski definition) is 7. The molecule has 0 fully saturated rings. The van der Waals surface area contributed by atoms with Crippen molar-refractivity contribution in [3.63, 3.8) is 0 Å². The number of nitrogens with one attached hydrogen (secondary N) is 1. The van der Waals surface area contributed by atoms with E-state index in [4.69, 9.17) is 4.74 Å². The molecule has 0 saturated carbocycles. The van der Waals surface area contributed by atoms with Crippen molar-refractivity contribution in [2.75, 3.05) is 5.32 Å². The maximum absolute atomic E-state index is 13.4. The Morgan fingerprint density at radius 2 is 1.91 bits per heavy atom. The molecule has 0 spiro atoms. The van der Waals surface area contributed by atoms with Crippen molar-refractivity contribution in [3.05, 3.63) is 73.2 Å². The molecule has 9 heteroatoms. The largest absolute Gasteiger partial charge is 0.437 e.